The molecule has 2 N–H and O–H groups in total. The molecule has 0 saturated heterocycles. The number of pyridine rings is 1. The zero-order valence-corrected chi connectivity index (χ0v) is 10.4. The van der Waals surface area contributed by atoms with Crippen molar-refractivity contribution >= 4 is 17.5 Å². The van der Waals surface area contributed by atoms with E-state index in [2.05, 4.69) is 15.3 Å². The third kappa shape index (κ3) is 2.88. The predicted molar refractivity (Wildman–Crippen MR) is 66.4 cm³/mol. The average Bonchev–Trinajstić information content (AvgIpc) is 2.81. The highest BCUT2D eigenvalue weighted by atomic mass is 16.6. The monoisotopic (exact) mass is 278 g/mol. The number of aromatic carboxylic acids is 1. The number of nitro groups is 1. The Morgan fingerprint density at radius 1 is 1.50 bits per heavy atom. The van der Waals surface area contributed by atoms with Gasteiger partial charge in [-0.1, -0.05) is 0 Å². The molecule has 0 aromatic carbocycles. The molecule has 0 aliphatic heterocycles. The molecule has 104 valence electrons. The lowest BCUT2D eigenvalue weighted by Gasteiger charge is -2.04. The van der Waals surface area contributed by atoms with Gasteiger partial charge in [0, 0.05) is 6.07 Å². The number of nitrogens with zero attached hydrogens (tertiary/aromatic N) is 3. The molecule has 0 spiro atoms. The lowest BCUT2D eigenvalue weighted by Crippen LogP contribution is -2.07. The van der Waals surface area contributed by atoms with Crippen molar-refractivity contribution in [1.29, 1.82) is 0 Å². The van der Waals surface area contributed by atoms with Crippen LogP contribution >= 0.6 is 0 Å². The Morgan fingerprint density at radius 3 is 2.80 bits per heavy atom. The van der Waals surface area contributed by atoms with Gasteiger partial charge in [-0.15, -0.1) is 0 Å². The van der Waals surface area contributed by atoms with Crippen molar-refractivity contribution in [1.82, 2.24) is 9.97 Å². The summed E-state index contributed by atoms with van der Waals surface area (Å²) in [6.07, 6.45) is 2.44. The predicted octanol–water partition coefficient (Wildman–Crippen LogP) is 1.60. The summed E-state index contributed by atoms with van der Waals surface area (Å²) in [6.45, 7) is 1.93. The number of carbonyl (C=O) groups is 1. The number of rotatable bonds is 5. The molecule has 0 aliphatic carbocycles. The van der Waals surface area contributed by atoms with Crippen LogP contribution in [0.25, 0.3) is 0 Å². The molecular formula is C11H10N4O5. The number of carboxylic acids is 1. The van der Waals surface area contributed by atoms with Gasteiger partial charge in [0.05, 0.1) is 17.7 Å². The third-order valence-electron chi connectivity index (χ3n) is 2.40. The highest BCUT2D eigenvalue weighted by Gasteiger charge is 2.21. The van der Waals surface area contributed by atoms with Crippen LogP contribution in [0.1, 0.15) is 22.0 Å². The zero-order valence-electron chi connectivity index (χ0n) is 10.4. The number of hydrogen-bond acceptors (Lipinski definition) is 7. The Hall–Kier alpha value is -2.97. The summed E-state index contributed by atoms with van der Waals surface area (Å²) in [4.78, 5) is 28.6. The second-order valence-corrected chi connectivity index (χ2v) is 3.87. The Bertz CT molecular complexity index is 667. The van der Waals surface area contributed by atoms with Crippen molar-refractivity contribution in [2.24, 2.45) is 0 Å². The number of anilines is 1. The molecular weight excluding hydrogens is 268 g/mol. The molecule has 0 fully saturated rings. The first kappa shape index (κ1) is 13.5. The molecule has 9 heteroatoms. The number of hydrogen-bond donors (Lipinski definition) is 2. The Morgan fingerprint density at radius 2 is 2.25 bits per heavy atom. The molecule has 0 bridgehead atoms. The average molecular weight is 278 g/mol. The number of aryl methyl sites for hydroxylation is 1. The third-order valence-corrected chi connectivity index (χ3v) is 2.40. The van der Waals surface area contributed by atoms with E-state index in [0.717, 1.165) is 12.3 Å². The molecule has 0 amide bonds. The van der Waals surface area contributed by atoms with E-state index >= 15 is 0 Å². The van der Waals surface area contributed by atoms with Crippen LogP contribution in [0.4, 0.5) is 11.5 Å². The van der Waals surface area contributed by atoms with Gasteiger partial charge in [-0.25, -0.2) is 14.8 Å². The highest BCUT2D eigenvalue weighted by Crippen LogP contribution is 2.20. The van der Waals surface area contributed by atoms with E-state index in [1.165, 1.54) is 0 Å². The minimum Gasteiger partial charge on any atom is -0.477 e. The summed E-state index contributed by atoms with van der Waals surface area (Å²) in [5.74, 6) is -0.165. The van der Waals surface area contributed by atoms with Crippen LogP contribution in [0.2, 0.25) is 0 Å². The lowest BCUT2D eigenvalue weighted by atomic mass is 10.2. The van der Waals surface area contributed by atoms with E-state index in [4.69, 9.17) is 9.52 Å². The highest BCUT2D eigenvalue weighted by molar-refractivity contribution is 5.93. The Labute approximate surface area is 112 Å². The number of oxazole rings is 1. The van der Waals surface area contributed by atoms with E-state index in [9.17, 15) is 14.9 Å². The molecule has 0 atom stereocenters. The van der Waals surface area contributed by atoms with Crippen molar-refractivity contribution in [3.63, 3.8) is 0 Å². The van der Waals surface area contributed by atoms with Gasteiger partial charge in [0.2, 0.25) is 5.89 Å². The topological polar surface area (TPSA) is 131 Å². The Kier molecular flexibility index (Phi) is 3.60. The zero-order chi connectivity index (χ0) is 14.7. The Balaban J connectivity index is 2.18. The van der Waals surface area contributed by atoms with Gasteiger partial charge in [-0.05, 0) is 6.92 Å². The number of carboxylic acid groups (broad SMARTS) is 1. The van der Waals surface area contributed by atoms with Crippen molar-refractivity contribution in [2.75, 3.05) is 5.32 Å². The van der Waals surface area contributed by atoms with Gasteiger partial charge < -0.3 is 14.8 Å². The fraction of sp³-hybridized carbons (Fsp3) is 0.182. The maximum atomic E-state index is 11.0. The second kappa shape index (κ2) is 5.34. The smallest absolute Gasteiger partial charge is 0.342 e. The maximum absolute atomic E-state index is 11.0. The molecule has 2 heterocycles. The molecule has 0 unspecified atom stereocenters. The molecule has 2 rings (SSSR count). The largest absolute Gasteiger partial charge is 0.477 e. The van der Waals surface area contributed by atoms with Gasteiger partial charge in [-0.3, -0.25) is 10.1 Å². The summed E-state index contributed by atoms with van der Waals surface area (Å²) < 4.78 is 5.22. The van der Waals surface area contributed by atoms with Gasteiger partial charge in [0.15, 0.2) is 0 Å². The van der Waals surface area contributed by atoms with Crippen molar-refractivity contribution in [3.8, 4) is 0 Å². The van der Waals surface area contributed by atoms with Crippen LogP contribution in [-0.4, -0.2) is 26.0 Å². The number of aromatic nitrogens is 2. The van der Waals surface area contributed by atoms with Crippen molar-refractivity contribution in [2.45, 2.75) is 13.5 Å². The molecule has 9 nitrogen and oxygen atoms in total. The minimum atomic E-state index is -1.39. The molecule has 2 aromatic heterocycles. The van der Waals surface area contributed by atoms with Crippen LogP contribution in [0.3, 0.4) is 0 Å². The van der Waals surface area contributed by atoms with Crippen LogP contribution in [0.5, 0.6) is 0 Å². The fourth-order valence-electron chi connectivity index (χ4n) is 1.51. The second-order valence-electron chi connectivity index (χ2n) is 3.87. The van der Waals surface area contributed by atoms with E-state index in [0.29, 0.717) is 11.7 Å². The summed E-state index contributed by atoms with van der Waals surface area (Å²) in [6, 6.07) is 1.09. The van der Waals surface area contributed by atoms with E-state index in [1.807, 2.05) is 0 Å². The quantitative estimate of drug-likeness (QED) is 0.622. The van der Waals surface area contributed by atoms with Gasteiger partial charge in [0.1, 0.15) is 23.3 Å². The first-order valence-electron chi connectivity index (χ1n) is 5.50. The minimum absolute atomic E-state index is 0.184. The van der Waals surface area contributed by atoms with Crippen LogP contribution < -0.4 is 5.32 Å². The maximum Gasteiger partial charge on any atom is 0.342 e. The molecule has 20 heavy (non-hydrogen) atoms. The summed E-state index contributed by atoms with van der Waals surface area (Å²) in [5.41, 5.74) is -0.994. The first-order chi connectivity index (χ1) is 9.47. The first-order valence-corrected chi connectivity index (χ1v) is 5.50. The van der Waals surface area contributed by atoms with Gasteiger partial charge in [0.25, 0.3) is 0 Å². The van der Waals surface area contributed by atoms with E-state index < -0.39 is 22.1 Å². The SMILES string of the molecule is Cc1cnc(CNc2cc(C(=O)O)c([N+](=O)[O-])cn2)o1. The molecule has 0 aliphatic rings. The normalized spacial score (nSPS) is 10.2. The van der Waals surface area contributed by atoms with Crippen LogP contribution in [0.15, 0.2) is 22.9 Å². The lowest BCUT2D eigenvalue weighted by molar-refractivity contribution is -0.385. The summed E-state index contributed by atoms with van der Waals surface area (Å²) >= 11 is 0. The summed E-state index contributed by atoms with van der Waals surface area (Å²) in [5, 5.41) is 22.4. The van der Waals surface area contributed by atoms with Gasteiger partial charge in [-0.2, -0.15) is 0 Å². The standard InChI is InChI=1S/C11H10N4O5/c1-6-3-14-10(20-6)5-13-9-2-7(11(16)17)8(4-12-9)15(18)19/h2-4H,5H2,1H3,(H,12,13)(H,16,17). The van der Waals surface area contributed by atoms with Gasteiger partial charge >= 0.3 is 11.7 Å². The van der Waals surface area contributed by atoms with Crippen molar-refractivity contribution in [3.05, 3.63) is 45.8 Å². The molecule has 0 radical (unpaired) electrons. The van der Waals surface area contributed by atoms with E-state index in [-0.39, 0.29) is 12.4 Å². The molecule has 0 saturated carbocycles. The summed E-state index contributed by atoms with van der Waals surface area (Å²) in [7, 11) is 0. The van der Waals surface area contributed by atoms with Crippen LogP contribution in [0, 0.1) is 17.0 Å². The fourth-order valence-corrected chi connectivity index (χ4v) is 1.51. The molecule has 2 aromatic rings. The van der Waals surface area contributed by atoms with Crippen LogP contribution in [-0.2, 0) is 6.54 Å². The van der Waals surface area contributed by atoms with E-state index in [1.54, 1.807) is 13.1 Å². The number of nitrogens with one attached hydrogen (secondary N) is 1. The van der Waals surface area contributed by atoms with Crippen molar-refractivity contribution < 1.29 is 19.2 Å².